The van der Waals surface area contributed by atoms with E-state index in [1.54, 1.807) is 12.1 Å². The van der Waals surface area contributed by atoms with Gasteiger partial charge in [0, 0.05) is 5.69 Å². The number of ether oxygens (including phenoxy) is 3. The van der Waals surface area contributed by atoms with Gasteiger partial charge in [-0.25, -0.2) is 4.79 Å². The van der Waals surface area contributed by atoms with Gasteiger partial charge in [-0.1, -0.05) is 26.0 Å². The van der Waals surface area contributed by atoms with Crippen molar-refractivity contribution >= 4 is 17.6 Å². The number of rotatable bonds is 7. The number of anilines is 1. The molecule has 0 heterocycles. The Morgan fingerprint density at radius 1 is 1.00 bits per heavy atom. The molecule has 0 spiro atoms. The Bertz CT molecular complexity index is 768. The molecule has 0 atom stereocenters. The van der Waals surface area contributed by atoms with E-state index in [4.69, 9.17) is 14.2 Å². The summed E-state index contributed by atoms with van der Waals surface area (Å²) in [7, 11) is 2.95. The molecule has 0 unspecified atom stereocenters. The molecule has 0 aliphatic carbocycles. The quantitative estimate of drug-likeness (QED) is 0.766. The molecule has 0 aliphatic rings. The highest BCUT2D eigenvalue weighted by molar-refractivity contribution is 5.97. The normalized spacial score (nSPS) is 10.3. The maximum atomic E-state index is 12.2. The molecular formula is C20H23NO5. The van der Waals surface area contributed by atoms with Crippen LogP contribution >= 0.6 is 0 Å². The number of esters is 1. The van der Waals surface area contributed by atoms with Crippen LogP contribution in [-0.2, 0) is 9.53 Å². The lowest BCUT2D eigenvalue weighted by Crippen LogP contribution is -2.21. The fourth-order valence-corrected chi connectivity index (χ4v) is 2.33. The minimum Gasteiger partial charge on any atom is -0.497 e. The SMILES string of the molecule is COc1ccc(OC)c(C(=O)OCC(=O)Nc2ccc(C(C)C)cc2)c1. The van der Waals surface area contributed by atoms with Crippen molar-refractivity contribution in [2.75, 3.05) is 26.1 Å². The fourth-order valence-electron chi connectivity index (χ4n) is 2.33. The summed E-state index contributed by atoms with van der Waals surface area (Å²) in [5.74, 6) is 0.176. The molecule has 0 radical (unpaired) electrons. The monoisotopic (exact) mass is 357 g/mol. The lowest BCUT2D eigenvalue weighted by molar-refractivity contribution is -0.119. The third-order valence-corrected chi connectivity index (χ3v) is 3.82. The van der Waals surface area contributed by atoms with Crippen LogP contribution in [0.1, 0.15) is 35.7 Å². The number of carbonyl (C=O) groups excluding carboxylic acids is 2. The number of carbonyl (C=O) groups is 2. The standard InChI is InChI=1S/C20H23NO5/c1-13(2)14-5-7-15(8-6-14)21-19(22)12-26-20(23)17-11-16(24-3)9-10-18(17)25-4/h5-11,13H,12H2,1-4H3,(H,21,22). The summed E-state index contributed by atoms with van der Waals surface area (Å²) in [4.78, 5) is 24.2. The molecule has 2 aromatic carbocycles. The number of amides is 1. The second kappa shape index (κ2) is 8.89. The van der Waals surface area contributed by atoms with E-state index in [-0.39, 0.29) is 5.56 Å². The lowest BCUT2D eigenvalue weighted by Gasteiger charge is -2.11. The molecule has 0 bridgehead atoms. The predicted molar refractivity (Wildman–Crippen MR) is 99.0 cm³/mol. The zero-order valence-corrected chi connectivity index (χ0v) is 15.4. The first-order valence-corrected chi connectivity index (χ1v) is 8.23. The van der Waals surface area contributed by atoms with Crippen LogP contribution in [0, 0.1) is 0 Å². The molecule has 6 nitrogen and oxygen atoms in total. The first-order chi connectivity index (χ1) is 12.4. The summed E-state index contributed by atoms with van der Waals surface area (Å²) in [6.07, 6.45) is 0. The van der Waals surface area contributed by atoms with E-state index in [0.29, 0.717) is 23.1 Å². The van der Waals surface area contributed by atoms with Crippen molar-refractivity contribution in [2.45, 2.75) is 19.8 Å². The van der Waals surface area contributed by atoms with Crippen molar-refractivity contribution in [2.24, 2.45) is 0 Å². The highest BCUT2D eigenvalue weighted by Gasteiger charge is 2.16. The Kier molecular flexibility index (Phi) is 6.60. The van der Waals surface area contributed by atoms with Crippen LogP contribution in [-0.4, -0.2) is 32.7 Å². The van der Waals surface area contributed by atoms with Crippen molar-refractivity contribution in [1.82, 2.24) is 0 Å². The van der Waals surface area contributed by atoms with Crippen molar-refractivity contribution in [1.29, 1.82) is 0 Å². The van der Waals surface area contributed by atoms with Crippen molar-refractivity contribution < 1.29 is 23.8 Å². The maximum Gasteiger partial charge on any atom is 0.342 e. The second-order valence-electron chi connectivity index (χ2n) is 5.97. The van der Waals surface area contributed by atoms with E-state index >= 15 is 0 Å². The van der Waals surface area contributed by atoms with E-state index < -0.39 is 18.5 Å². The Labute approximate surface area is 153 Å². The van der Waals surface area contributed by atoms with Crippen molar-refractivity contribution in [3.8, 4) is 11.5 Å². The molecule has 6 heteroatoms. The molecule has 2 aromatic rings. The predicted octanol–water partition coefficient (Wildman–Crippen LogP) is 3.62. The summed E-state index contributed by atoms with van der Waals surface area (Å²) in [5.41, 5.74) is 2.02. The highest BCUT2D eigenvalue weighted by Crippen LogP contribution is 2.24. The molecule has 1 N–H and O–H groups in total. The van der Waals surface area contributed by atoms with Gasteiger partial charge in [-0.15, -0.1) is 0 Å². The van der Waals surface area contributed by atoms with E-state index in [1.165, 1.54) is 25.8 Å². The highest BCUT2D eigenvalue weighted by atomic mass is 16.5. The first kappa shape index (κ1) is 19.3. The second-order valence-corrected chi connectivity index (χ2v) is 5.97. The lowest BCUT2D eigenvalue weighted by atomic mass is 10.0. The molecule has 0 saturated carbocycles. The smallest absolute Gasteiger partial charge is 0.342 e. The summed E-state index contributed by atoms with van der Waals surface area (Å²) < 4.78 is 15.3. The fraction of sp³-hybridized carbons (Fsp3) is 0.300. The molecular weight excluding hydrogens is 334 g/mol. The Morgan fingerprint density at radius 3 is 2.27 bits per heavy atom. The molecule has 1 amide bonds. The van der Waals surface area contributed by atoms with Gasteiger partial charge >= 0.3 is 5.97 Å². The van der Waals surface area contributed by atoms with Gasteiger partial charge in [-0.3, -0.25) is 4.79 Å². The van der Waals surface area contributed by atoms with Crippen LogP contribution < -0.4 is 14.8 Å². The zero-order valence-electron chi connectivity index (χ0n) is 15.4. The van der Waals surface area contributed by atoms with Gasteiger partial charge in [0.15, 0.2) is 6.61 Å². The Hall–Kier alpha value is -3.02. The van der Waals surface area contributed by atoms with E-state index in [2.05, 4.69) is 19.2 Å². The zero-order chi connectivity index (χ0) is 19.1. The van der Waals surface area contributed by atoms with Gasteiger partial charge in [0.05, 0.1) is 14.2 Å². The van der Waals surface area contributed by atoms with Gasteiger partial charge in [0.2, 0.25) is 0 Å². The van der Waals surface area contributed by atoms with E-state index in [1.807, 2.05) is 24.3 Å². The molecule has 2 rings (SSSR count). The average molecular weight is 357 g/mol. The molecule has 0 saturated heterocycles. The van der Waals surface area contributed by atoms with Gasteiger partial charge in [0.1, 0.15) is 17.1 Å². The summed E-state index contributed by atoms with van der Waals surface area (Å²) in [5, 5.41) is 2.69. The van der Waals surface area contributed by atoms with E-state index in [9.17, 15) is 9.59 Å². The van der Waals surface area contributed by atoms with Crippen LogP contribution in [0.4, 0.5) is 5.69 Å². The van der Waals surface area contributed by atoms with Gasteiger partial charge in [0.25, 0.3) is 5.91 Å². The Balaban J connectivity index is 1.95. The molecule has 0 aromatic heterocycles. The van der Waals surface area contributed by atoms with Crippen LogP contribution in [0.2, 0.25) is 0 Å². The van der Waals surface area contributed by atoms with Crippen molar-refractivity contribution in [3.63, 3.8) is 0 Å². The van der Waals surface area contributed by atoms with Gasteiger partial charge < -0.3 is 19.5 Å². The van der Waals surface area contributed by atoms with Crippen LogP contribution in [0.15, 0.2) is 42.5 Å². The van der Waals surface area contributed by atoms with Crippen LogP contribution in [0.3, 0.4) is 0 Å². The molecule has 0 aliphatic heterocycles. The summed E-state index contributed by atoms with van der Waals surface area (Å²) in [6.45, 7) is 3.80. The van der Waals surface area contributed by atoms with Gasteiger partial charge in [-0.05, 0) is 41.8 Å². The van der Waals surface area contributed by atoms with Crippen molar-refractivity contribution in [3.05, 3.63) is 53.6 Å². The number of nitrogens with one attached hydrogen (secondary N) is 1. The topological polar surface area (TPSA) is 73.9 Å². The number of benzene rings is 2. The summed E-state index contributed by atoms with van der Waals surface area (Å²) in [6, 6.07) is 12.3. The number of hydrogen-bond acceptors (Lipinski definition) is 5. The average Bonchev–Trinajstić information content (AvgIpc) is 2.65. The number of hydrogen-bond donors (Lipinski definition) is 1. The van der Waals surface area contributed by atoms with Crippen LogP contribution in [0.5, 0.6) is 11.5 Å². The molecule has 26 heavy (non-hydrogen) atoms. The molecule has 138 valence electrons. The van der Waals surface area contributed by atoms with Gasteiger partial charge in [-0.2, -0.15) is 0 Å². The third-order valence-electron chi connectivity index (χ3n) is 3.82. The largest absolute Gasteiger partial charge is 0.497 e. The minimum atomic E-state index is -0.661. The minimum absolute atomic E-state index is 0.195. The summed E-state index contributed by atoms with van der Waals surface area (Å²) >= 11 is 0. The number of methoxy groups -OCH3 is 2. The van der Waals surface area contributed by atoms with E-state index in [0.717, 1.165) is 0 Å². The van der Waals surface area contributed by atoms with Crippen LogP contribution in [0.25, 0.3) is 0 Å². The molecule has 0 fully saturated rings. The first-order valence-electron chi connectivity index (χ1n) is 8.23. The Morgan fingerprint density at radius 2 is 1.69 bits per heavy atom. The third kappa shape index (κ3) is 4.99. The maximum absolute atomic E-state index is 12.2.